The highest BCUT2D eigenvalue weighted by atomic mass is 16.3. The molecule has 1 aliphatic rings. The van der Waals surface area contributed by atoms with Gasteiger partial charge in [-0.1, -0.05) is 164 Å². The molecule has 0 fully saturated rings. The quantitative estimate of drug-likeness (QED) is 0.181. The molecule has 1 unspecified atom stereocenters. The van der Waals surface area contributed by atoms with Gasteiger partial charge < -0.3 is 18.6 Å². The molecule has 0 spiro atoms. The summed E-state index contributed by atoms with van der Waals surface area (Å²) in [5.41, 5.74) is 13.8. The summed E-state index contributed by atoms with van der Waals surface area (Å²) in [5, 5.41) is 9.98. The molecule has 1 atom stereocenters. The van der Waals surface area contributed by atoms with Crippen molar-refractivity contribution in [3.05, 3.63) is 217 Å². The SMILES string of the molecule is c1ccc(C2=NC(c3cccc4oc5c(-c6cccc7c6oc6ccccc67)cc(-c6cccc7c6oc6ccccc67)cc5c34)NC(c3cccc(-c4ccccc4)c3)=N2)cc1. The minimum Gasteiger partial charge on any atom is -0.455 e. The Labute approximate surface area is 361 Å². The van der Waals surface area contributed by atoms with Crippen molar-refractivity contribution in [3.8, 4) is 33.4 Å². The molecule has 6 heteroatoms. The fraction of sp³-hybridized carbons (Fsp3) is 0.0175. The van der Waals surface area contributed by atoms with Crippen LogP contribution >= 0.6 is 0 Å². The van der Waals surface area contributed by atoms with Crippen LogP contribution in [0.1, 0.15) is 22.9 Å². The zero-order chi connectivity index (χ0) is 41.4. The summed E-state index contributed by atoms with van der Waals surface area (Å²) < 4.78 is 20.4. The lowest BCUT2D eigenvalue weighted by Crippen LogP contribution is -2.33. The van der Waals surface area contributed by atoms with E-state index in [-0.39, 0.29) is 0 Å². The molecule has 0 saturated heterocycles. The predicted molar refractivity (Wildman–Crippen MR) is 256 cm³/mol. The molecule has 0 radical (unpaired) electrons. The maximum atomic E-state index is 7.03. The van der Waals surface area contributed by atoms with Gasteiger partial charge in [0, 0.05) is 65.7 Å². The lowest BCUT2D eigenvalue weighted by molar-refractivity contribution is 0.661. The third-order valence-electron chi connectivity index (χ3n) is 12.4. The van der Waals surface area contributed by atoms with E-state index in [4.69, 9.17) is 23.2 Å². The Bertz CT molecular complexity index is 3840. The molecule has 296 valence electrons. The van der Waals surface area contributed by atoms with Crippen molar-refractivity contribution in [2.45, 2.75) is 6.17 Å². The number of para-hydroxylation sites is 4. The van der Waals surface area contributed by atoms with E-state index in [1.807, 2.05) is 54.6 Å². The minimum atomic E-state index is -0.498. The maximum Gasteiger partial charge on any atom is 0.159 e. The lowest BCUT2D eigenvalue weighted by atomic mass is 9.93. The fourth-order valence-corrected chi connectivity index (χ4v) is 9.42. The van der Waals surface area contributed by atoms with Gasteiger partial charge in [-0.3, -0.25) is 0 Å². The van der Waals surface area contributed by atoms with Gasteiger partial charge in [0.05, 0.1) is 0 Å². The van der Waals surface area contributed by atoms with E-state index in [1.165, 1.54) is 0 Å². The van der Waals surface area contributed by atoms with Crippen LogP contribution in [0.4, 0.5) is 0 Å². The molecule has 9 aromatic carbocycles. The molecular formula is C57H35N3O3. The topological polar surface area (TPSA) is 76.2 Å². The van der Waals surface area contributed by atoms with E-state index in [0.717, 1.165) is 122 Å². The summed E-state index contributed by atoms with van der Waals surface area (Å²) in [6.45, 7) is 0. The van der Waals surface area contributed by atoms with Crippen LogP contribution in [-0.2, 0) is 0 Å². The zero-order valence-electron chi connectivity index (χ0n) is 33.7. The normalized spacial score (nSPS) is 14.2. The standard InChI is InChI=1S/C57H35N3O3/c1-3-15-34(16-4-1)36-19-11-20-37(31-36)56-58-55(35-17-5-2-6-18-35)59-57(60-56)45-27-14-30-50-51(45)47-33-38(39-23-12-24-42-40-21-7-9-28-48(40)61-52(39)42)32-46(54(47)63-50)44-26-13-25-43-41-22-8-10-29-49(41)62-53(43)44/h1-33,57H,(H,58,59,60). The van der Waals surface area contributed by atoms with Gasteiger partial charge in [0.15, 0.2) is 5.84 Å². The van der Waals surface area contributed by atoms with Gasteiger partial charge in [-0.05, 0) is 53.1 Å². The van der Waals surface area contributed by atoms with Crippen LogP contribution in [-0.4, -0.2) is 11.7 Å². The van der Waals surface area contributed by atoms with Gasteiger partial charge in [0.1, 0.15) is 45.5 Å². The van der Waals surface area contributed by atoms with Crippen molar-refractivity contribution in [2.24, 2.45) is 9.98 Å². The number of amidine groups is 2. The third kappa shape index (κ3) is 5.73. The highest BCUT2D eigenvalue weighted by molar-refractivity contribution is 6.19. The first-order valence-corrected chi connectivity index (χ1v) is 21.2. The van der Waals surface area contributed by atoms with Crippen LogP contribution in [0.5, 0.6) is 0 Å². The number of hydrogen-bond acceptors (Lipinski definition) is 6. The first kappa shape index (κ1) is 35.3. The van der Waals surface area contributed by atoms with Crippen molar-refractivity contribution >= 4 is 77.5 Å². The van der Waals surface area contributed by atoms with Crippen LogP contribution in [0.15, 0.2) is 223 Å². The van der Waals surface area contributed by atoms with E-state index in [1.54, 1.807) is 0 Å². The van der Waals surface area contributed by atoms with Crippen LogP contribution in [0.2, 0.25) is 0 Å². The number of benzene rings is 9. The zero-order valence-corrected chi connectivity index (χ0v) is 33.7. The number of nitrogens with one attached hydrogen (secondary N) is 1. The molecule has 6 nitrogen and oxygen atoms in total. The summed E-state index contributed by atoms with van der Waals surface area (Å²) in [4.78, 5) is 10.5. The van der Waals surface area contributed by atoms with Gasteiger partial charge >= 0.3 is 0 Å². The number of fused-ring (bicyclic) bond motifs is 9. The molecule has 0 saturated carbocycles. The molecule has 4 heterocycles. The van der Waals surface area contributed by atoms with E-state index >= 15 is 0 Å². The average Bonchev–Trinajstić information content (AvgIpc) is 4.06. The molecule has 12 aromatic rings. The first-order chi connectivity index (χ1) is 31.2. The molecule has 0 bridgehead atoms. The smallest absolute Gasteiger partial charge is 0.159 e. The summed E-state index contributed by atoms with van der Waals surface area (Å²) >= 11 is 0. The molecule has 13 rings (SSSR count). The Morgan fingerprint density at radius 3 is 1.65 bits per heavy atom. The van der Waals surface area contributed by atoms with E-state index < -0.39 is 6.17 Å². The Morgan fingerprint density at radius 1 is 0.365 bits per heavy atom. The number of hydrogen-bond donors (Lipinski definition) is 1. The Kier molecular flexibility index (Phi) is 7.87. The largest absolute Gasteiger partial charge is 0.455 e. The van der Waals surface area contributed by atoms with E-state index in [9.17, 15) is 0 Å². The average molecular weight is 810 g/mol. The van der Waals surface area contributed by atoms with E-state index in [2.05, 4.69) is 151 Å². The van der Waals surface area contributed by atoms with Crippen LogP contribution in [0, 0.1) is 0 Å². The molecule has 63 heavy (non-hydrogen) atoms. The second kappa shape index (κ2) is 14.0. The Hall–Kier alpha value is -8.48. The molecule has 0 aliphatic carbocycles. The predicted octanol–water partition coefficient (Wildman–Crippen LogP) is 14.9. The van der Waals surface area contributed by atoms with Gasteiger partial charge in [0.25, 0.3) is 0 Å². The lowest BCUT2D eigenvalue weighted by Gasteiger charge is -2.24. The molecule has 0 amide bonds. The maximum absolute atomic E-state index is 7.03. The summed E-state index contributed by atoms with van der Waals surface area (Å²) in [5.74, 6) is 1.39. The fourth-order valence-electron chi connectivity index (χ4n) is 9.42. The Balaban J connectivity index is 1.06. The second-order valence-corrected chi connectivity index (χ2v) is 16.1. The van der Waals surface area contributed by atoms with Crippen molar-refractivity contribution < 1.29 is 13.3 Å². The molecule has 3 aromatic heterocycles. The minimum absolute atomic E-state index is 0.498. The van der Waals surface area contributed by atoms with Crippen LogP contribution in [0.3, 0.4) is 0 Å². The number of aliphatic imine (C=N–C) groups is 2. The first-order valence-electron chi connectivity index (χ1n) is 21.2. The monoisotopic (exact) mass is 809 g/mol. The summed E-state index contributed by atoms with van der Waals surface area (Å²) in [6.07, 6.45) is -0.498. The van der Waals surface area contributed by atoms with Gasteiger partial charge in [-0.15, -0.1) is 0 Å². The Morgan fingerprint density at radius 2 is 0.905 bits per heavy atom. The van der Waals surface area contributed by atoms with Crippen molar-refractivity contribution in [1.29, 1.82) is 0 Å². The van der Waals surface area contributed by atoms with Gasteiger partial charge in [-0.25, -0.2) is 9.98 Å². The second-order valence-electron chi connectivity index (χ2n) is 16.1. The molecule has 1 aliphatic heterocycles. The van der Waals surface area contributed by atoms with Crippen molar-refractivity contribution in [1.82, 2.24) is 5.32 Å². The van der Waals surface area contributed by atoms with Crippen LogP contribution < -0.4 is 5.32 Å². The highest BCUT2D eigenvalue weighted by Gasteiger charge is 2.27. The van der Waals surface area contributed by atoms with Crippen molar-refractivity contribution in [2.75, 3.05) is 0 Å². The van der Waals surface area contributed by atoms with Crippen molar-refractivity contribution in [3.63, 3.8) is 0 Å². The number of nitrogens with zero attached hydrogens (tertiary/aromatic N) is 2. The van der Waals surface area contributed by atoms with Crippen LogP contribution in [0.25, 0.3) is 99.2 Å². The van der Waals surface area contributed by atoms with E-state index in [0.29, 0.717) is 5.84 Å². The number of furan rings is 3. The highest BCUT2D eigenvalue weighted by Crippen LogP contribution is 2.46. The third-order valence-corrected chi connectivity index (χ3v) is 12.4. The molecular weight excluding hydrogens is 775 g/mol. The van der Waals surface area contributed by atoms with Gasteiger partial charge in [0.2, 0.25) is 0 Å². The summed E-state index contributed by atoms with van der Waals surface area (Å²) in [7, 11) is 0. The van der Waals surface area contributed by atoms with Gasteiger partial charge in [-0.2, -0.15) is 0 Å². The summed E-state index contributed by atoms with van der Waals surface area (Å²) in [6, 6.07) is 69.0. The number of rotatable bonds is 6. The molecule has 1 N–H and O–H groups in total.